The summed E-state index contributed by atoms with van der Waals surface area (Å²) in [5.41, 5.74) is 1.34. The summed E-state index contributed by atoms with van der Waals surface area (Å²) < 4.78 is 32.6. The number of anilines is 3. The fraction of sp³-hybridized carbons (Fsp3) is 0.0952. The van der Waals surface area contributed by atoms with Crippen LogP contribution < -0.4 is 14.9 Å². The van der Waals surface area contributed by atoms with Crippen molar-refractivity contribution in [3.63, 3.8) is 0 Å². The summed E-state index contributed by atoms with van der Waals surface area (Å²) in [6.45, 7) is 3.36. The van der Waals surface area contributed by atoms with Gasteiger partial charge in [-0.05, 0) is 56.3 Å². The SMILES string of the molecule is Cc1noc(NS(=O)(=O)c2ccc(NC3=C(Cl)C(=O)N(c4cc(Cl)ccc4Cl)C3=O)cc2)c1C. The number of imide groups is 1. The molecule has 0 spiro atoms. The molecule has 1 aliphatic rings. The third kappa shape index (κ3) is 4.37. The topological polar surface area (TPSA) is 122 Å². The van der Waals surface area contributed by atoms with Gasteiger partial charge in [0.1, 0.15) is 10.7 Å². The quantitative estimate of drug-likeness (QED) is 0.428. The Morgan fingerprint density at radius 1 is 0.971 bits per heavy atom. The van der Waals surface area contributed by atoms with Gasteiger partial charge in [-0.25, -0.2) is 18.0 Å². The van der Waals surface area contributed by atoms with Crippen LogP contribution in [0.25, 0.3) is 0 Å². The van der Waals surface area contributed by atoms with Crippen molar-refractivity contribution in [1.82, 2.24) is 5.16 Å². The number of sulfonamides is 1. The van der Waals surface area contributed by atoms with Crippen molar-refractivity contribution in [2.45, 2.75) is 18.7 Å². The molecule has 0 bridgehead atoms. The molecule has 13 heteroatoms. The molecule has 0 aliphatic carbocycles. The van der Waals surface area contributed by atoms with Crippen molar-refractivity contribution >= 4 is 73.9 Å². The molecular weight excluding hydrogens is 527 g/mol. The fourth-order valence-corrected chi connectivity index (χ4v) is 4.67. The summed E-state index contributed by atoms with van der Waals surface area (Å²) in [6.07, 6.45) is 0. The Morgan fingerprint density at radius 2 is 1.65 bits per heavy atom. The fourth-order valence-electron chi connectivity index (χ4n) is 3.04. The number of carbonyl (C=O) groups is 2. The van der Waals surface area contributed by atoms with Crippen LogP contribution in [0.4, 0.5) is 17.3 Å². The highest BCUT2D eigenvalue weighted by atomic mass is 35.5. The minimum absolute atomic E-state index is 0.0199. The molecule has 4 rings (SSSR count). The average Bonchev–Trinajstić information content (AvgIpc) is 3.21. The number of aryl methyl sites for hydroxylation is 1. The summed E-state index contributed by atoms with van der Waals surface area (Å²) in [5.74, 6) is -1.50. The minimum atomic E-state index is -3.96. The molecule has 0 saturated carbocycles. The highest BCUT2D eigenvalue weighted by molar-refractivity contribution is 7.92. The maximum absolute atomic E-state index is 12.9. The molecule has 2 N–H and O–H groups in total. The van der Waals surface area contributed by atoms with Crippen molar-refractivity contribution < 1.29 is 22.5 Å². The lowest BCUT2D eigenvalue weighted by Gasteiger charge is -2.17. The van der Waals surface area contributed by atoms with Gasteiger partial charge in [0.05, 0.1) is 21.3 Å². The van der Waals surface area contributed by atoms with E-state index < -0.39 is 21.8 Å². The lowest BCUT2D eigenvalue weighted by atomic mass is 10.3. The zero-order valence-corrected chi connectivity index (χ0v) is 20.6. The van der Waals surface area contributed by atoms with Gasteiger partial charge in [0, 0.05) is 16.3 Å². The van der Waals surface area contributed by atoms with Gasteiger partial charge in [-0.2, -0.15) is 0 Å². The number of amides is 2. The van der Waals surface area contributed by atoms with Crippen LogP contribution in [0.3, 0.4) is 0 Å². The molecule has 1 aliphatic heterocycles. The van der Waals surface area contributed by atoms with Crippen molar-refractivity contribution in [3.8, 4) is 0 Å². The largest absolute Gasteiger partial charge is 0.350 e. The monoisotopic (exact) mass is 540 g/mol. The first kappa shape index (κ1) is 24.1. The van der Waals surface area contributed by atoms with E-state index in [4.69, 9.17) is 39.3 Å². The zero-order valence-electron chi connectivity index (χ0n) is 17.5. The van der Waals surface area contributed by atoms with Crippen molar-refractivity contribution in [2.75, 3.05) is 14.9 Å². The van der Waals surface area contributed by atoms with Crippen LogP contribution in [0.5, 0.6) is 0 Å². The maximum atomic E-state index is 12.9. The van der Waals surface area contributed by atoms with E-state index in [1.807, 2.05) is 0 Å². The molecule has 0 fully saturated rings. The van der Waals surface area contributed by atoms with Crippen LogP contribution in [0.1, 0.15) is 11.3 Å². The lowest BCUT2D eigenvalue weighted by molar-refractivity contribution is -0.120. The Bertz CT molecular complexity index is 1470. The second-order valence-electron chi connectivity index (χ2n) is 7.21. The van der Waals surface area contributed by atoms with Gasteiger partial charge in [0.15, 0.2) is 0 Å². The highest BCUT2D eigenvalue weighted by Crippen LogP contribution is 2.36. The van der Waals surface area contributed by atoms with E-state index in [1.165, 1.54) is 42.5 Å². The maximum Gasteiger partial charge on any atom is 0.283 e. The van der Waals surface area contributed by atoms with E-state index in [-0.39, 0.29) is 37.2 Å². The van der Waals surface area contributed by atoms with Crippen molar-refractivity contribution in [3.05, 3.63) is 74.5 Å². The molecule has 2 aromatic carbocycles. The van der Waals surface area contributed by atoms with Crippen LogP contribution in [-0.4, -0.2) is 25.4 Å². The minimum Gasteiger partial charge on any atom is -0.350 e. The molecule has 1 aromatic heterocycles. The summed E-state index contributed by atoms with van der Waals surface area (Å²) in [6, 6.07) is 9.79. The van der Waals surface area contributed by atoms with Gasteiger partial charge in [-0.3, -0.25) is 9.59 Å². The Balaban J connectivity index is 1.55. The number of aromatic nitrogens is 1. The second-order valence-corrected chi connectivity index (χ2v) is 10.1. The number of hydrogen-bond donors (Lipinski definition) is 2. The van der Waals surface area contributed by atoms with Gasteiger partial charge < -0.3 is 9.84 Å². The standard InChI is InChI=1S/C21H15Cl3N4O5S/c1-10-11(2)26-33-19(10)27-34(31,32)14-6-4-13(5-7-14)25-18-17(24)20(29)28(21(18)30)16-9-12(22)3-8-15(16)23/h3-9,25,27H,1-2H3. The Morgan fingerprint density at radius 3 is 2.26 bits per heavy atom. The smallest absolute Gasteiger partial charge is 0.283 e. The van der Waals surface area contributed by atoms with Crippen molar-refractivity contribution in [2.24, 2.45) is 0 Å². The van der Waals surface area contributed by atoms with E-state index in [2.05, 4.69) is 15.2 Å². The van der Waals surface area contributed by atoms with Crippen LogP contribution in [0.2, 0.25) is 10.0 Å². The van der Waals surface area contributed by atoms with E-state index >= 15 is 0 Å². The number of hydrogen-bond acceptors (Lipinski definition) is 7. The van der Waals surface area contributed by atoms with Crippen LogP contribution in [-0.2, 0) is 19.6 Å². The molecule has 34 heavy (non-hydrogen) atoms. The second kappa shape index (κ2) is 8.95. The third-order valence-electron chi connectivity index (χ3n) is 4.99. The molecule has 0 unspecified atom stereocenters. The molecule has 0 radical (unpaired) electrons. The van der Waals surface area contributed by atoms with Gasteiger partial charge in [0.2, 0.25) is 5.88 Å². The molecule has 176 valence electrons. The number of halogens is 3. The van der Waals surface area contributed by atoms with Crippen molar-refractivity contribution in [1.29, 1.82) is 0 Å². The summed E-state index contributed by atoms with van der Waals surface area (Å²) in [4.78, 5) is 26.3. The summed E-state index contributed by atoms with van der Waals surface area (Å²) in [7, 11) is -3.96. The first-order valence-electron chi connectivity index (χ1n) is 9.56. The van der Waals surface area contributed by atoms with E-state index in [9.17, 15) is 18.0 Å². The van der Waals surface area contributed by atoms with Gasteiger partial charge in [-0.15, -0.1) is 0 Å². The molecule has 3 aromatic rings. The Labute approximate surface area is 209 Å². The van der Waals surface area contributed by atoms with E-state index in [1.54, 1.807) is 13.8 Å². The van der Waals surface area contributed by atoms with Gasteiger partial charge in [0.25, 0.3) is 21.8 Å². The Hall–Kier alpha value is -3.05. The molecule has 9 nitrogen and oxygen atoms in total. The summed E-state index contributed by atoms with van der Waals surface area (Å²) in [5, 5.41) is 6.54. The van der Waals surface area contributed by atoms with Crippen LogP contribution >= 0.6 is 34.8 Å². The normalized spacial score (nSPS) is 14.2. The summed E-state index contributed by atoms with van der Waals surface area (Å²) >= 11 is 18.2. The van der Waals surface area contributed by atoms with Gasteiger partial charge >= 0.3 is 0 Å². The number of nitrogens with one attached hydrogen (secondary N) is 2. The van der Waals surface area contributed by atoms with E-state index in [0.29, 0.717) is 16.9 Å². The average molecular weight is 542 g/mol. The predicted molar refractivity (Wildman–Crippen MR) is 129 cm³/mol. The third-order valence-corrected chi connectivity index (χ3v) is 7.25. The predicted octanol–water partition coefficient (Wildman–Crippen LogP) is 4.83. The van der Waals surface area contributed by atoms with Crippen LogP contribution in [0, 0.1) is 13.8 Å². The number of carbonyl (C=O) groups excluding carboxylic acids is 2. The zero-order chi connectivity index (χ0) is 24.8. The number of benzene rings is 2. The highest BCUT2D eigenvalue weighted by Gasteiger charge is 2.40. The van der Waals surface area contributed by atoms with Gasteiger partial charge in [-0.1, -0.05) is 40.0 Å². The molecular formula is C21H15Cl3N4O5S. The Kier molecular flexibility index (Phi) is 6.34. The van der Waals surface area contributed by atoms with Crippen LogP contribution in [0.15, 0.2) is 62.6 Å². The molecule has 0 atom stereocenters. The molecule has 2 heterocycles. The first-order chi connectivity index (χ1) is 16.0. The van der Waals surface area contributed by atoms with E-state index in [0.717, 1.165) is 4.90 Å². The number of nitrogens with zero attached hydrogens (tertiary/aromatic N) is 2. The lowest BCUT2D eigenvalue weighted by Crippen LogP contribution is -2.32. The number of rotatable bonds is 6. The molecule has 2 amide bonds. The molecule has 0 saturated heterocycles. The first-order valence-corrected chi connectivity index (χ1v) is 12.2.